The predicted octanol–water partition coefficient (Wildman–Crippen LogP) is 2.59. The minimum Gasteiger partial charge on any atom is -0.444 e. The number of aromatic nitrogens is 1. The predicted molar refractivity (Wildman–Crippen MR) is 62.4 cm³/mol. The second kappa shape index (κ2) is 5.92. The van der Waals surface area contributed by atoms with E-state index in [0.717, 1.165) is 4.88 Å². The Morgan fingerprint density at radius 2 is 2.27 bits per heavy atom. The highest BCUT2D eigenvalue weighted by Crippen LogP contribution is 2.08. The highest BCUT2D eigenvalue weighted by Gasteiger charge is 2.15. The van der Waals surface area contributed by atoms with Gasteiger partial charge in [-0.1, -0.05) is 0 Å². The molecule has 0 aliphatic carbocycles. The molecule has 0 aliphatic rings. The molecule has 1 aromatic heterocycles. The SMILES string of the molecule is CC(C)(C)OC(=O)NCc1cncs1.Cl. The number of carbonyl (C=O) groups excluding carboxylic acids is 1. The van der Waals surface area contributed by atoms with Crippen LogP contribution in [-0.2, 0) is 11.3 Å². The number of halogens is 1. The summed E-state index contributed by atoms with van der Waals surface area (Å²) in [7, 11) is 0. The van der Waals surface area contributed by atoms with Gasteiger partial charge in [-0.2, -0.15) is 0 Å². The van der Waals surface area contributed by atoms with Crippen molar-refractivity contribution in [1.82, 2.24) is 10.3 Å². The maximum absolute atomic E-state index is 11.2. The summed E-state index contributed by atoms with van der Waals surface area (Å²) in [5, 5.41) is 2.65. The second-order valence-corrected chi connectivity index (χ2v) is 4.79. The van der Waals surface area contributed by atoms with Gasteiger partial charge in [-0.3, -0.25) is 4.98 Å². The van der Waals surface area contributed by atoms with Crippen molar-refractivity contribution in [2.75, 3.05) is 0 Å². The summed E-state index contributed by atoms with van der Waals surface area (Å²) in [5.41, 5.74) is 1.28. The number of alkyl carbamates (subject to hydrolysis) is 1. The van der Waals surface area contributed by atoms with Crippen molar-refractivity contribution in [3.8, 4) is 0 Å². The number of thiazole rings is 1. The molecule has 0 radical (unpaired) electrons. The molecule has 0 aliphatic heterocycles. The van der Waals surface area contributed by atoms with Crippen LogP contribution in [0.5, 0.6) is 0 Å². The van der Waals surface area contributed by atoms with E-state index in [2.05, 4.69) is 10.3 Å². The lowest BCUT2D eigenvalue weighted by Crippen LogP contribution is -2.31. The molecular formula is C9H15ClN2O2S. The first kappa shape index (κ1) is 14.2. The van der Waals surface area contributed by atoms with Crippen LogP contribution in [0.4, 0.5) is 4.79 Å². The maximum Gasteiger partial charge on any atom is 0.407 e. The molecule has 6 heteroatoms. The van der Waals surface area contributed by atoms with E-state index in [4.69, 9.17) is 4.74 Å². The van der Waals surface area contributed by atoms with Gasteiger partial charge in [-0.05, 0) is 20.8 Å². The van der Waals surface area contributed by atoms with E-state index in [1.54, 1.807) is 11.7 Å². The van der Waals surface area contributed by atoms with Crippen molar-refractivity contribution in [2.24, 2.45) is 0 Å². The fourth-order valence-electron chi connectivity index (χ4n) is 0.803. The van der Waals surface area contributed by atoms with Gasteiger partial charge in [0.1, 0.15) is 5.60 Å². The lowest BCUT2D eigenvalue weighted by molar-refractivity contribution is 0.0524. The molecule has 0 spiro atoms. The molecular weight excluding hydrogens is 236 g/mol. The Morgan fingerprint density at radius 1 is 1.60 bits per heavy atom. The van der Waals surface area contributed by atoms with Crippen LogP contribution in [0, 0.1) is 0 Å². The van der Waals surface area contributed by atoms with E-state index in [-0.39, 0.29) is 12.4 Å². The smallest absolute Gasteiger partial charge is 0.407 e. The maximum atomic E-state index is 11.2. The standard InChI is InChI=1S/C9H14N2O2S.ClH/c1-9(2,3)13-8(12)11-5-7-4-10-6-14-7;/h4,6H,5H2,1-3H3,(H,11,12);1H. The van der Waals surface area contributed by atoms with Crippen LogP contribution in [0.2, 0.25) is 0 Å². The number of nitrogens with zero attached hydrogens (tertiary/aromatic N) is 1. The number of amides is 1. The third-order valence-corrected chi connectivity index (χ3v) is 2.07. The lowest BCUT2D eigenvalue weighted by atomic mass is 10.2. The number of hydrogen-bond donors (Lipinski definition) is 1. The van der Waals surface area contributed by atoms with E-state index in [9.17, 15) is 4.79 Å². The number of rotatable bonds is 2. The van der Waals surface area contributed by atoms with E-state index < -0.39 is 11.7 Å². The number of hydrogen-bond acceptors (Lipinski definition) is 4. The summed E-state index contributed by atoms with van der Waals surface area (Å²) >= 11 is 1.50. The fourth-order valence-corrected chi connectivity index (χ4v) is 1.34. The van der Waals surface area contributed by atoms with Gasteiger partial charge >= 0.3 is 6.09 Å². The van der Waals surface area contributed by atoms with Gasteiger partial charge in [0.05, 0.1) is 12.1 Å². The van der Waals surface area contributed by atoms with E-state index in [1.165, 1.54) is 11.3 Å². The van der Waals surface area contributed by atoms with E-state index in [1.807, 2.05) is 20.8 Å². The van der Waals surface area contributed by atoms with Crippen LogP contribution in [0.15, 0.2) is 11.7 Å². The molecule has 1 rings (SSSR count). The van der Waals surface area contributed by atoms with Crippen LogP contribution in [0.3, 0.4) is 0 Å². The average molecular weight is 251 g/mol. The average Bonchev–Trinajstić information content (AvgIpc) is 2.49. The van der Waals surface area contributed by atoms with Crippen LogP contribution in [-0.4, -0.2) is 16.7 Å². The van der Waals surface area contributed by atoms with Gasteiger partial charge < -0.3 is 10.1 Å². The largest absolute Gasteiger partial charge is 0.444 e. The lowest BCUT2D eigenvalue weighted by Gasteiger charge is -2.19. The van der Waals surface area contributed by atoms with Crippen molar-refractivity contribution >= 4 is 29.8 Å². The fraction of sp³-hybridized carbons (Fsp3) is 0.556. The van der Waals surface area contributed by atoms with Crippen LogP contribution >= 0.6 is 23.7 Å². The van der Waals surface area contributed by atoms with Gasteiger partial charge in [-0.25, -0.2) is 4.79 Å². The molecule has 0 saturated carbocycles. The molecule has 15 heavy (non-hydrogen) atoms. The molecule has 0 fully saturated rings. The number of carbonyl (C=O) groups is 1. The zero-order chi connectivity index (χ0) is 10.6. The quantitative estimate of drug-likeness (QED) is 0.878. The van der Waals surface area contributed by atoms with Gasteiger partial charge in [0.15, 0.2) is 0 Å². The van der Waals surface area contributed by atoms with Gasteiger partial charge in [0.25, 0.3) is 0 Å². The molecule has 0 aromatic carbocycles. The zero-order valence-electron chi connectivity index (χ0n) is 8.94. The Kier molecular flexibility index (Phi) is 5.60. The zero-order valence-corrected chi connectivity index (χ0v) is 10.6. The normalized spacial score (nSPS) is 10.3. The van der Waals surface area contributed by atoms with Crippen molar-refractivity contribution in [3.63, 3.8) is 0 Å². The third-order valence-electron chi connectivity index (χ3n) is 1.29. The summed E-state index contributed by atoms with van der Waals surface area (Å²) in [4.78, 5) is 16.1. The Labute approximate surface area is 99.5 Å². The molecule has 1 amide bonds. The van der Waals surface area contributed by atoms with Crippen molar-refractivity contribution in [3.05, 3.63) is 16.6 Å². The first-order valence-corrected chi connectivity index (χ1v) is 5.19. The van der Waals surface area contributed by atoms with Gasteiger partial charge in [0.2, 0.25) is 0 Å². The van der Waals surface area contributed by atoms with E-state index >= 15 is 0 Å². The Hall–Kier alpha value is -0.810. The number of nitrogens with one attached hydrogen (secondary N) is 1. The van der Waals surface area contributed by atoms with Crippen molar-refractivity contribution in [2.45, 2.75) is 32.9 Å². The summed E-state index contributed by atoms with van der Waals surface area (Å²) < 4.78 is 5.07. The van der Waals surface area contributed by atoms with E-state index in [0.29, 0.717) is 6.54 Å². The summed E-state index contributed by atoms with van der Waals surface area (Å²) in [6.45, 7) is 5.97. The highest BCUT2D eigenvalue weighted by molar-refractivity contribution is 7.09. The molecule has 0 atom stereocenters. The molecule has 0 unspecified atom stereocenters. The van der Waals surface area contributed by atoms with Crippen LogP contribution in [0.1, 0.15) is 25.6 Å². The Bertz CT molecular complexity index is 296. The first-order chi connectivity index (χ1) is 6.47. The third kappa shape index (κ3) is 6.30. The van der Waals surface area contributed by atoms with Crippen molar-refractivity contribution < 1.29 is 9.53 Å². The second-order valence-electron chi connectivity index (χ2n) is 3.82. The van der Waals surface area contributed by atoms with Crippen molar-refractivity contribution in [1.29, 1.82) is 0 Å². The Balaban J connectivity index is 0.00000196. The van der Waals surface area contributed by atoms with Crippen LogP contribution in [0.25, 0.3) is 0 Å². The molecule has 4 nitrogen and oxygen atoms in total. The minimum absolute atomic E-state index is 0. The van der Waals surface area contributed by atoms with Crippen LogP contribution < -0.4 is 5.32 Å². The Morgan fingerprint density at radius 3 is 2.73 bits per heavy atom. The summed E-state index contributed by atoms with van der Waals surface area (Å²) in [6.07, 6.45) is 1.33. The molecule has 86 valence electrons. The minimum atomic E-state index is -0.447. The molecule has 1 aromatic rings. The topological polar surface area (TPSA) is 51.2 Å². The molecule has 0 saturated heterocycles. The molecule has 1 heterocycles. The van der Waals surface area contributed by atoms with Gasteiger partial charge in [0, 0.05) is 11.1 Å². The summed E-state index contributed by atoms with van der Waals surface area (Å²) in [5.74, 6) is 0. The first-order valence-electron chi connectivity index (χ1n) is 4.31. The molecule has 1 N–H and O–H groups in total. The molecule has 0 bridgehead atoms. The number of ether oxygens (including phenoxy) is 1. The monoisotopic (exact) mass is 250 g/mol. The summed E-state index contributed by atoms with van der Waals surface area (Å²) in [6, 6.07) is 0. The van der Waals surface area contributed by atoms with Gasteiger partial charge in [-0.15, -0.1) is 23.7 Å². The highest BCUT2D eigenvalue weighted by atomic mass is 35.5.